The summed E-state index contributed by atoms with van der Waals surface area (Å²) in [4.78, 5) is 15.9. The molecule has 4 nitrogen and oxygen atoms in total. The largest absolute Gasteiger partial charge is 0.497 e. The van der Waals surface area contributed by atoms with Gasteiger partial charge in [0.2, 0.25) is 0 Å². The molecule has 3 heterocycles. The number of pyridine rings is 1. The Kier molecular flexibility index (Phi) is 5.21. The van der Waals surface area contributed by atoms with Gasteiger partial charge in [-0.1, -0.05) is 37.5 Å². The maximum atomic E-state index is 13.3. The molecule has 1 aromatic heterocycles. The smallest absolute Gasteiger partial charge is 0.254 e. The normalized spacial score (nSPS) is 24.9. The van der Waals surface area contributed by atoms with E-state index in [4.69, 9.17) is 4.74 Å². The molecule has 2 aliphatic heterocycles. The highest BCUT2D eigenvalue weighted by atomic mass is 16.5. The lowest BCUT2D eigenvalue weighted by Crippen LogP contribution is -2.47. The van der Waals surface area contributed by atoms with E-state index in [0.29, 0.717) is 23.3 Å². The first-order valence-corrected chi connectivity index (χ1v) is 11.3. The molecule has 154 valence electrons. The van der Waals surface area contributed by atoms with Gasteiger partial charge in [0.05, 0.1) is 7.11 Å². The lowest BCUT2D eigenvalue weighted by Gasteiger charge is -2.43. The summed E-state index contributed by atoms with van der Waals surface area (Å²) in [6.45, 7) is 4.00. The number of benzene rings is 1. The van der Waals surface area contributed by atoms with E-state index in [0.717, 1.165) is 37.5 Å². The molecule has 0 spiro atoms. The molecule has 0 N–H and O–H groups in total. The second kappa shape index (κ2) is 7.98. The molecule has 0 radical (unpaired) electrons. The quantitative estimate of drug-likeness (QED) is 0.767. The van der Waals surface area contributed by atoms with Crippen molar-refractivity contribution in [1.82, 2.24) is 9.47 Å². The molecular weight excluding hydrogens is 360 g/mol. The van der Waals surface area contributed by atoms with Gasteiger partial charge in [-0.2, -0.15) is 0 Å². The molecular formula is C25H32N2O2. The van der Waals surface area contributed by atoms with Crippen LogP contribution in [0.1, 0.15) is 67.2 Å². The molecule has 2 atom stereocenters. The minimum absolute atomic E-state index is 0.313. The van der Waals surface area contributed by atoms with Gasteiger partial charge >= 0.3 is 0 Å². The van der Waals surface area contributed by atoms with E-state index in [1.165, 1.54) is 49.8 Å². The van der Waals surface area contributed by atoms with E-state index in [2.05, 4.69) is 33.7 Å². The number of hydrogen-bond acceptors (Lipinski definition) is 3. The van der Waals surface area contributed by atoms with Crippen molar-refractivity contribution < 1.29 is 4.74 Å². The summed E-state index contributed by atoms with van der Waals surface area (Å²) in [5.41, 5.74) is 4.00. The number of fused-ring (bicyclic) bond motifs is 4. The highest BCUT2D eigenvalue weighted by Crippen LogP contribution is 2.37. The van der Waals surface area contributed by atoms with Crippen LogP contribution in [0.5, 0.6) is 5.75 Å². The summed E-state index contributed by atoms with van der Waals surface area (Å²) in [5, 5.41) is 0. The molecule has 5 rings (SSSR count). The van der Waals surface area contributed by atoms with Crippen molar-refractivity contribution in [3.63, 3.8) is 0 Å². The zero-order valence-electron chi connectivity index (χ0n) is 17.5. The first-order chi connectivity index (χ1) is 14.2. The average molecular weight is 393 g/mol. The van der Waals surface area contributed by atoms with E-state index >= 15 is 0 Å². The maximum Gasteiger partial charge on any atom is 0.254 e. The molecule has 4 heteroatoms. The maximum absolute atomic E-state index is 13.3. The second-order valence-electron chi connectivity index (χ2n) is 9.31. The zero-order chi connectivity index (χ0) is 19.8. The summed E-state index contributed by atoms with van der Waals surface area (Å²) in [7, 11) is 1.71. The number of likely N-dealkylation sites (tertiary alicyclic amines) is 1. The van der Waals surface area contributed by atoms with Crippen molar-refractivity contribution in [3.05, 3.63) is 63.6 Å². The summed E-state index contributed by atoms with van der Waals surface area (Å²) in [6.07, 6.45) is 7.49. The van der Waals surface area contributed by atoms with Gasteiger partial charge in [0.15, 0.2) is 0 Å². The first kappa shape index (κ1) is 18.9. The SMILES string of the molecule is COc1ccc(CN2C[C@@H]3C[C@H](C2)c2ccc(C4CCCCC4)c(=O)n2C3)cc1. The molecule has 1 saturated carbocycles. The monoisotopic (exact) mass is 392 g/mol. The minimum Gasteiger partial charge on any atom is -0.497 e. The Hall–Kier alpha value is -2.07. The average Bonchev–Trinajstić information content (AvgIpc) is 2.76. The van der Waals surface area contributed by atoms with Crippen LogP contribution in [0.15, 0.2) is 41.2 Å². The second-order valence-corrected chi connectivity index (χ2v) is 9.31. The molecule has 1 aromatic carbocycles. The number of aromatic nitrogens is 1. The Labute approximate surface area is 173 Å². The molecule has 3 aliphatic rings. The standard InChI is InChI=1S/C25H32N2O2/c1-29-22-9-7-18(8-10-22)14-26-15-19-13-21(17-26)24-12-11-23(25(28)27(24)16-19)20-5-3-2-4-6-20/h7-12,19-21H,2-6,13-17H2,1H3/t19-,21+/m0/s1. The first-order valence-electron chi connectivity index (χ1n) is 11.3. The fourth-order valence-electron chi connectivity index (χ4n) is 5.90. The number of ether oxygens (including phenoxy) is 1. The Morgan fingerprint density at radius 2 is 1.72 bits per heavy atom. The highest BCUT2D eigenvalue weighted by molar-refractivity contribution is 5.28. The fourth-order valence-corrected chi connectivity index (χ4v) is 5.90. The van der Waals surface area contributed by atoms with Crippen molar-refractivity contribution in [3.8, 4) is 5.75 Å². The van der Waals surface area contributed by atoms with Gasteiger partial charge in [-0.3, -0.25) is 9.69 Å². The topological polar surface area (TPSA) is 34.5 Å². The van der Waals surface area contributed by atoms with Gasteiger partial charge in [0.1, 0.15) is 5.75 Å². The molecule has 29 heavy (non-hydrogen) atoms. The van der Waals surface area contributed by atoms with E-state index in [1.807, 2.05) is 12.1 Å². The van der Waals surface area contributed by atoms with Crippen LogP contribution in [0.4, 0.5) is 0 Å². The third-order valence-corrected chi connectivity index (χ3v) is 7.32. The molecule has 2 bridgehead atoms. The molecule has 2 aromatic rings. The molecule has 0 amide bonds. The predicted molar refractivity (Wildman–Crippen MR) is 116 cm³/mol. The lowest BCUT2D eigenvalue weighted by molar-refractivity contribution is 0.114. The van der Waals surface area contributed by atoms with Crippen molar-refractivity contribution in [2.24, 2.45) is 5.92 Å². The zero-order valence-corrected chi connectivity index (χ0v) is 17.5. The van der Waals surface area contributed by atoms with Crippen LogP contribution in [0.3, 0.4) is 0 Å². The van der Waals surface area contributed by atoms with Crippen molar-refractivity contribution in [2.75, 3.05) is 20.2 Å². The number of hydrogen-bond donors (Lipinski definition) is 0. The molecule has 2 fully saturated rings. The molecule has 1 aliphatic carbocycles. The van der Waals surface area contributed by atoms with E-state index in [-0.39, 0.29) is 0 Å². The third kappa shape index (κ3) is 3.75. The summed E-state index contributed by atoms with van der Waals surface area (Å²) >= 11 is 0. The van der Waals surface area contributed by atoms with Crippen LogP contribution in [-0.2, 0) is 13.1 Å². The van der Waals surface area contributed by atoms with E-state index in [1.54, 1.807) is 7.11 Å². The van der Waals surface area contributed by atoms with Crippen LogP contribution >= 0.6 is 0 Å². The van der Waals surface area contributed by atoms with Crippen LogP contribution in [0, 0.1) is 5.92 Å². The Balaban J connectivity index is 1.35. The van der Waals surface area contributed by atoms with E-state index < -0.39 is 0 Å². The van der Waals surface area contributed by atoms with Gasteiger partial charge in [-0.15, -0.1) is 0 Å². The number of piperidine rings is 1. The van der Waals surface area contributed by atoms with Gasteiger partial charge in [-0.05, 0) is 54.9 Å². The van der Waals surface area contributed by atoms with Crippen molar-refractivity contribution in [2.45, 2.75) is 63.5 Å². The Bertz CT molecular complexity index is 911. The van der Waals surface area contributed by atoms with Gasteiger partial charge < -0.3 is 9.30 Å². The highest BCUT2D eigenvalue weighted by Gasteiger charge is 2.35. The van der Waals surface area contributed by atoms with Gasteiger partial charge in [0, 0.05) is 43.4 Å². The van der Waals surface area contributed by atoms with E-state index in [9.17, 15) is 4.79 Å². The number of rotatable bonds is 4. The predicted octanol–water partition coefficient (Wildman–Crippen LogP) is 4.52. The fraction of sp³-hybridized carbons (Fsp3) is 0.560. The van der Waals surface area contributed by atoms with Crippen LogP contribution < -0.4 is 10.3 Å². The molecule has 1 saturated heterocycles. The number of methoxy groups -OCH3 is 1. The van der Waals surface area contributed by atoms with Gasteiger partial charge in [0.25, 0.3) is 5.56 Å². The minimum atomic E-state index is 0.313. The summed E-state index contributed by atoms with van der Waals surface area (Å²) in [5.74, 6) is 2.46. The number of nitrogens with zero attached hydrogens (tertiary/aromatic N) is 2. The van der Waals surface area contributed by atoms with Crippen molar-refractivity contribution >= 4 is 0 Å². The Morgan fingerprint density at radius 3 is 2.48 bits per heavy atom. The lowest BCUT2D eigenvalue weighted by atomic mass is 9.81. The van der Waals surface area contributed by atoms with Gasteiger partial charge in [-0.25, -0.2) is 0 Å². The third-order valence-electron chi connectivity index (χ3n) is 7.32. The summed E-state index contributed by atoms with van der Waals surface area (Å²) in [6, 6.07) is 12.9. The van der Waals surface area contributed by atoms with Crippen molar-refractivity contribution in [1.29, 1.82) is 0 Å². The Morgan fingerprint density at radius 1 is 0.931 bits per heavy atom. The molecule has 0 unspecified atom stereocenters. The van der Waals surface area contributed by atoms with Crippen LogP contribution in [-0.4, -0.2) is 29.7 Å². The van der Waals surface area contributed by atoms with Crippen LogP contribution in [0.25, 0.3) is 0 Å². The van der Waals surface area contributed by atoms with Crippen LogP contribution in [0.2, 0.25) is 0 Å². The summed E-state index contributed by atoms with van der Waals surface area (Å²) < 4.78 is 7.42.